The van der Waals surface area contributed by atoms with Gasteiger partial charge in [-0.2, -0.15) is 0 Å². The average molecular weight is 409 g/mol. The SMILES string of the molecule is Cc1cc(C(=O)N2CCN(c3ncccc3Cl)CC2)cc(S(N)(=O)=O)c1C. The lowest BCUT2D eigenvalue weighted by Crippen LogP contribution is -2.49. The highest BCUT2D eigenvalue weighted by molar-refractivity contribution is 7.89. The van der Waals surface area contributed by atoms with Crippen LogP contribution in [0.15, 0.2) is 35.4 Å². The number of primary sulfonamides is 1. The van der Waals surface area contributed by atoms with Crippen LogP contribution >= 0.6 is 11.6 Å². The molecule has 7 nitrogen and oxygen atoms in total. The van der Waals surface area contributed by atoms with Crippen molar-refractivity contribution in [2.75, 3.05) is 31.1 Å². The molecule has 0 spiro atoms. The summed E-state index contributed by atoms with van der Waals surface area (Å²) in [5, 5.41) is 5.87. The Morgan fingerprint density at radius 1 is 1.19 bits per heavy atom. The molecule has 0 aliphatic carbocycles. The standard InChI is InChI=1S/C18H21ClN4O3S/c1-12-10-14(11-16(13(12)2)27(20,25)26)18(24)23-8-6-22(7-9-23)17-15(19)4-3-5-21-17/h3-5,10-11H,6-9H2,1-2H3,(H2,20,25,26). The van der Waals surface area contributed by atoms with Gasteiger partial charge in [0.1, 0.15) is 5.82 Å². The number of hydrogen-bond acceptors (Lipinski definition) is 5. The van der Waals surface area contributed by atoms with Gasteiger partial charge in [0, 0.05) is 37.9 Å². The summed E-state index contributed by atoms with van der Waals surface area (Å²) in [7, 11) is -3.89. The van der Waals surface area contributed by atoms with E-state index >= 15 is 0 Å². The molecule has 1 aromatic heterocycles. The van der Waals surface area contributed by atoms with Crippen LogP contribution in [-0.2, 0) is 10.0 Å². The predicted octanol–water partition coefficient (Wildman–Crippen LogP) is 1.96. The Labute approximate surface area is 163 Å². The highest BCUT2D eigenvalue weighted by atomic mass is 35.5. The molecule has 1 fully saturated rings. The molecule has 3 rings (SSSR count). The zero-order chi connectivity index (χ0) is 19.8. The van der Waals surface area contributed by atoms with Gasteiger partial charge in [0.15, 0.2) is 0 Å². The minimum Gasteiger partial charge on any atom is -0.352 e. The van der Waals surface area contributed by atoms with E-state index in [9.17, 15) is 13.2 Å². The van der Waals surface area contributed by atoms with Crippen LogP contribution in [0, 0.1) is 13.8 Å². The van der Waals surface area contributed by atoms with Gasteiger partial charge in [0.05, 0.1) is 9.92 Å². The first-order chi connectivity index (χ1) is 12.7. The molecule has 0 saturated carbocycles. The van der Waals surface area contributed by atoms with E-state index in [1.807, 2.05) is 4.90 Å². The van der Waals surface area contributed by atoms with E-state index in [0.717, 1.165) is 0 Å². The molecule has 1 aromatic carbocycles. The fourth-order valence-electron chi connectivity index (χ4n) is 3.16. The molecule has 2 aromatic rings. The third-order valence-corrected chi connectivity index (χ3v) is 6.11. The zero-order valence-corrected chi connectivity index (χ0v) is 16.7. The Morgan fingerprint density at radius 2 is 1.85 bits per heavy atom. The molecule has 1 aliphatic rings. The summed E-state index contributed by atoms with van der Waals surface area (Å²) in [4.78, 5) is 20.9. The van der Waals surface area contributed by atoms with Crippen LogP contribution in [0.5, 0.6) is 0 Å². The fraction of sp³-hybridized carbons (Fsp3) is 0.333. The smallest absolute Gasteiger partial charge is 0.254 e. The number of aryl methyl sites for hydroxylation is 1. The Kier molecular flexibility index (Phi) is 5.41. The first-order valence-electron chi connectivity index (χ1n) is 8.47. The molecule has 2 heterocycles. The quantitative estimate of drug-likeness (QED) is 0.837. The van der Waals surface area contributed by atoms with Gasteiger partial charge < -0.3 is 9.80 Å². The second kappa shape index (κ2) is 7.46. The van der Waals surface area contributed by atoms with Crippen LogP contribution < -0.4 is 10.0 Å². The van der Waals surface area contributed by atoms with Gasteiger partial charge in [-0.3, -0.25) is 4.79 Å². The third-order valence-electron chi connectivity index (χ3n) is 4.78. The molecule has 9 heteroatoms. The van der Waals surface area contributed by atoms with Crippen molar-refractivity contribution in [3.05, 3.63) is 52.2 Å². The van der Waals surface area contributed by atoms with E-state index in [4.69, 9.17) is 16.7 Å². The Hall–Kier alpha value is -2.16. The molecule has 0 unspecified atom stereocenters. The number of amides is 1. The lowest BCUT2D eigenvalue weighted by Gasteiger charge is -2.35. The van der Waals surface area contributed by atoms with E-state index in [2.05, 4.69) is 4.98 Å². The van der Waals surface area contributed by atoms with Crippen molar-refractivity contribution in [1.29, 1.82) is 0 Å². The van der Waals surface area contributed by atoms with Gasteiger partial charge in [0.25, 0.3) is 5.91 Å². The Morgan fingerprint density at radius 3 is 2.44 bits per heavy atom. The summed E-state index contributed by atoms with van der Waals surface area (Å²) >= 11 is 6.19. The molecule has 1 aliphatic heterocycles. The van der Waals surface area contributed by atoms with Crippen molar-refractivity contribution < 1.29 is 13.2 Å². The summed E-state index contributed by atoms with van der Waals surface area (Å²) < 4.78 is 23.6. The normalized spacial score (nSPS) is 15.1. The van der Waals surface area contributed by atoms with Crippen molar-refractivity contribution in [2.45, 2.75) is 18.7 Å². The number of anilines is 1. The van der Waals surface area contributed by atoms with Crippen molar-refractivity contribution in [2.24, 2.45) is 5.14 Å². The number of carbonyl (C=O) groups is 1. The van der Waals surface area contributed by atoms with Gasteiger partial charge in [-0.15, -0.1) is 0 Å². The van der Waals surface area contributed by atoms with E-state index in [1.165, 1.54) is 6.07 Å². The summed E-state index contributed by atoms with van der Waals surface area (Å²) in [6.45, 7) is 5.61. The first-order valence-corrected chi connectivity index (χ1v) is 10.4. The van der Waals surface area contributed by atoms with Crippen LogP contribution in [0.3, 0.4) is 0 Å². The Balaban J connectivity index is 1.79. The first kappa shape index (κ1) is 19.6. The van der Waals surface area contributed by atoms with E-state index in [1.54, 1.807) is 43.1 Å². The number of sulfonamides is 1. The number of rotatable bonds is 3. The maximum atomic E-state index is 12.9. The number of benzene rings is 1. The van der Waals surface area contributed by atoms with Crippen LogP contribution in [0.2, 0.25) is 5.02 Å². The second-order valence-electron chi connectivity index (χ2n) is 6.55. The number of aromatic nitrogens is 1. The van der Waals surface area contributed by atoms with Gasteiger partial charge in [-0.1, -0.05) is 11.6 Å². The summed E-state index contributed by atoms with van der Waals surface area (Å²) in [6.07, 6.45) is 1.68. The lowest BCUT2D eigenvalue weighted by molar-refractivity contribution is 0.0746. The molecule has 1 amide bonds. The number of carbonyl (C=O) groups excluding carboxylic acids is 1. The van der Waals surface area contributed by atoms with Gasteiger partial charge >= 0.3 is 0 Å². The number of nitrogens with zero attached hydrogens (tertiary/aromatic N) is 3. The van der Waals surface area contributed by atoms with Crippen LogP contribution in [-0.4, -0.2) is 50.4 Å². The molecule has 0 atom stereocenters. The molecule has 1 saturated heterocycles. The van der Waals surface area contributed by atoms with Crippen molar-refractivity contribution in [3.8, 4) is 0 Å². The number of pyridine rings is 1. The molecule has 2 N–H and O–H groups in total. The minimum atomic E-state index is -3.89. The van der Waals surface area contributed by atoms with E-state index in [-0.39, 0.29) is 10.8 Å². The Bertz CT molecular complexity index is 986. The van der Waals surface area contributed by atoms with Crippen molar-refractivity contribution in [3.63, 3.8) is 0 Å². The molecular formula is C18H21ClN4O3S. The zero-order valence-electron chi connectivity index (χ0n) is 15.1. The van der Waals surface area contributed by atoms with E-state index < -0.39 is 10.0 Å². The topological polar surface area (TPSA) is 96.6 Å². The maximum absolute atomic E-state index is 12.9. The number of nitrogens with two attached hydrogens (primary N) is 1. The van der Waals surface area contributed by atoms with Crippen LogP contribution in [0.1, 0.15) is 21.5 Å². The maximum Gasteiger partial charge on any atom is 0.254 e. The van der Waals surface area contributed by atoms with Crippen molar-refractivity contribution >= 4 is 33.3 Å². The highest BCUT2D eigenvalue weighted by Gasteiger charge is 2.25. The monoisotopic (exact) mass is 408 g/mol. The third kappa shape index (κ3) is 4.07. The molecule has 0 bridgehead atoms. The number of halogens is 1. The summed E-state index contributed by atoms with van der Waals surface area (Å²) in [5.74, 6) is 0.490. The average Bonchev–Trinajstić information content (AvgIpc) is 2.63. The number of hydrogen-bond donors (Lipinski definition) is 1. The fourth-order valence-corrected chi connectivity index (χ4v) is 4.28. The van der Waals surface area contributed by atoms with Crippen molar-refractivity contribution in [1.82, 2.24) is 9.88 Å². The van der Waals surface area contributed by atoms with Gasteiger partial charge in [0.2, 0.25) is 10.0 Å². The van der Waals surface area contributed by atoms with Crippen LogP contribution in [0.25, 0.3) is 0 Å². The predicted molar refractivity (Wildman–Crippen MR) is 105 cm³/mol. The number of piperazine rings is 1. The highest BCUT2D eigenvalue weighted by Crippen LogP contribution is 2.25. The molecular weight excluding hydrogens is 388 g/mol. The van der Waals surface area contributed by atoms with Crippen LogP contribution in [0.4, 0.5) is 5.82 Å². The van der Waals surface area contributed by atoms with Gasteiger partial charge in [-0.25, -0.2) is 18.5 Å². The van der Waals surface area contributed by atoms with E-state index in [0.29, 0.717) is 53.7 Å². The largest absolute Gasteiger partial charge is 0.352 e. The summed E-state index contributed by atoms with van der Waals surface area (Å²) in [6, 6.07) is 6.62. The minimum absolute atomic E-state index is 0.00949. The second-order valence-corrected chi connectivity index (χ2v) is 8.49. The lowest BCUT2D eigenvalue weighted by atomic mass is 10.0. The van der Waals surface area contributed by atoms with Gasteiger partial charge in [-0.05, 0) is 49.2 Å². The molecule has 27 heavy (non-hydrogen) atoms. The molecule has 144 valence electrons. The molecule has 0 radical (unpaired) electrons. The summed E-state index contributed by atoms with van der Waals surface area (Å²) in [5.41, 5.74) is 1.60.